The summed E-state index contributed by atoms with van der Waals surface area (Å²) in [5, 5.41) is 6.22. The van der Waals surface area contributed by atoms with Crippen molar-refractivity contribution in [3.05, 3.63) is 53.4 Å². The van der Waals surface area contributed by atoms with E-state index in [1.54, 1.807) is 16.8 Å². The largest absolute Gasteiger partial charge is 0.460 e. The molecule has 2 aromatic heterocycles. The van der Waals surface area contributed by atoms with Gasteiger partial charge in [0.05, 0.1) is 17.2 Å². The Labute approximate surface area is 148 Å². The highest BCUT2D eigenvalue weighted by Crippen LogP contribution is 2.32. The molecule has 0 N–H and O–H groups in total. The minimum atomic E-state index is -0.528. The van der Waals surface area contributed by atoms with Crippen molar-refractivity contribution >= 4 is 17.3 Å². The van der Waals surface area contributed by atoms with Gasteiger partial charge in [0.25, 0.3) is 5.82 Å². The molecule has 0 saturated heterocycles. The molecule has 5 nitrogen and oxygen atoms in total. The van der Waals surface area contributed by atoms with E-state index in [1.807, 2.05) is 17.5 Å². The molecule has 0 amide bonds. The van der Waals surface area contributed by atoms with Gasteiger partial charge in [0.15, 0.2) is 5.82 Å². The molecule has 1 aliphatic rings. The van der Waals surface area contributed by atoms with E-state index in [0.717, 1.165) is 11.3 Å². The lowest BCUT2D eigenvalue weighted by Gasteiger charge is -2.04. The molecule has 128 valence electrons. The number of aromatic nitrogens is 3. The average Bonchev–Trinajstić information content (AvgIpc) is 3.11. The summed E-state index contributed by atoms with van der Waals surface area (Å²) in [6, 6.07) is 9.70. The smallest absolute Gasteiger partial charge is 0.378 e. The first-order valence-electron chi connectivity index (χ1n) is 8.15. The van der Waals surface area contributed by atoms with Crippen molar-refractivity contribution in [1.29, 1.82) is 0 Å². The average molecular weight is 357 g/mol. The summed E-state index contributed by atoms with van der Waals surface area (Å²) in [6.45, 7) is 0.392. The molecule has 0 bridgehead atoms. The van der Waals surface area contributed by atoms with Crippen LogP contribution < -0.4 is 0 Å². The number of nitrogens with zero attached hydrogens (tertiary/aromatic N) is 3. The number of carbonyl (C=O) groups is 1. The van der Waals surface area contributed by atoms with E-state index in [2.05, 4.69) is 10.1 Å². The van der Waals surface area contributed by atoms with Crippen molar-refractivity contribution in [1.82, 2.24) is 14.8 Å². The maximum atomic E-state index is 13.2. The van der Waals surface area contributed by atoms with Gasteiger partial charge in [-0.1, -0.05) is 18.9 Å². The van der Waals surface area contributed by atoms with Crippen LogP contribution in [0, 0.1) is 11.7 Å². The van der Waals surface area contributed by atoms with Crippen LogP contribution in [-0.2, 0) is 4.74 Å². The lowest BCUT2D eigenvalue weighted by atomic mass is 10.3. The number of benzene rings is 1. The first-order valence-corrected chi connectivity index (χ1v) is 9.02. The fourth-order valence-electron chi connectivity index (χ4n) is 2.52. The molecular weight excluding hydrogens is 341 g/mol. The van der Waals surface area contributed by atoms with Gasteiger partial charge in [-0.15, -0.1) is 16.4 Å². The summed E-state index contributed by atoms with van der Waals surface area (Å²) >= 11 is 1.49. The number of thiophene rings is 1. The van der Waals surface area contributed by atoms with Crippen molar-refractivity contribution in [3.63, 3.8) is 0 Å². The maximum Gasteiger partial charge on any atom is 0.378 e. The Kier molecular flexibility index (Phi) is 4.31. The second kappa shape index (κ2) is 6.76. The summed E-state index contributed by atoms with van der Waals surface area (Å²) in [5.74, 6) is 0.388. The Hall–Kier alpha value is -2.54. The number of rotatable bonds is 6. The zero-order valence-electron chi connectivity index (χ0n) is 13.4. The summed E-state index contributed by atoms with van der Waals surface area (Å²) < 4.78 is 20.0. The molecule has 0 aliphatic heterocycles. The first-order chi connectivity index (χ1) is 12.2. The van der Waals surface area contributed by atoms with Gasteiger partial charge < -0.3 is 4.74 Å². The van der Waals surface area contributed by atoms with E-state index < -0.39 is 5.97 Å². The second-order valence-corrected chi connectivity index (χ2v) is 6.94. The van der Waals surface area contributed by atoms with Crippen molar-refractivity contribution in [2.75, 3.05) is 6.61 Å². The lowest BCUT2D eigenvalue weighted by Crippen LogP contribution is -2.09. The van der Waals surface area contributed by atoms with Crippen LogP contribution in [-0.4, -0.2) is 27.3 Å². The van der Waals surface area contributed by atoms with Gasteiger partial charge in [-0.05, 0) is 48.1 Å². The highest BCUT2D eigenvalue weighted by molar-refractivity contribution is 7.13. The Morgan fingerprint density at radius 2 is 2.08 bits per heavy atom. The minimum absolute atomic E-state index is 0.0171. The lowest BCUT2D eigenvalue weighted by molar-refractivity contribution is 0.0480. The molecule has 0 atom stereocenters. The van der Waals surface area contributed by atoms with E-state index in [1.165, 1.54) is 36.3 Å². The van der Waals surface area contributed by atoms with E-state index in [0.29, 0.717) is 24.0 Å². The quantitative estimate of drug-likeness (QED) is 0.624. The molecule has 2 heterocycles. The number of carbonyl (C=O) groups excluding carboxylic acids is 1. The number of hydrogen-bond acceptors (Lipinski definition) is 5. The van der Waals surface area contributed by atoms with Gasteiger partial charge in [-0.2, -0.15) is 4.98 Å². The predicted octanol–water partition coefficient (Wildman–Crippen LogP) is 4.09. The van der Waals surface area contributed by atoms with Crippen molar-refractivity contribution in [2.24, 2.45) is 5.92 Å². The molecule has 7 heteroatoms. The summed E-state index contributed by atoms with van der Waals surface area (Å²) in [5.41, 5.74) is 0.634. The molecule has 4 rings (SSSR count). The third-order valence-corrected chi connectivity index (χ3v) is 4.92. The molecule has 25 heavy (non-hydrogen) atoms. The van der Waals surface area contributed by atoms with Crippen LogP contribution in [0.3, 0.4) is 0 Å². The summed E-state index contributed by atoms with van der Waals surface area (Å²) in [4.78, 5) is 17.5. The third-order valence-electron chi connectivity index (χ3n) is 4.06. The van der Waals surface area contributed by atoms with Crippen LogP contribution in [0.25, 0.3) is 16.4 Å². The fourth-order valence-corrected chi connectivity index (χ4v) is 3.21. The molecule has 1 fully saturated rings. The van der Waals surface area contributed by atoms with Gasteiger partial charge >= 0.3 is 5.97 Å². The molecular formula is C18H16FN3O2S. The van der Waals surface area contributed by atoms with Gasteiger partial charge in [0.1, 0.15) is 5.82 Å². The second-order valence-electron chi connectivity index (χ2n) is 5.99. The summed E-state index contributed by atoms with van der Waals surface area (Å²) in [6.07, 6.45) is 3.33. The van der Waals surface area contributed by atoms with Crippen LogP contribution >= 0.6 is 11.3 Å². The van der Waals surface area contributed by atoms with E-state index in [9.17, 15) is 9.18 Å². The normalized spacial score (nSPS) is 13.8. The van der Waals surface area contributed by atoms with E-state index in [4.69, 9.17) is 4.74 Å². The van der Waals surface area contributed by atoms with Crippen LogP contribution in [0.2, 0.25) is 0 Å². The standard InChI is InChI=1S/C18H16FN3O2S/c19-13-5-7-14(8-6-13)22-17(15-2-1-11-25-15)20-16(21-22)18(23)24-10-9-12-3-4-12/h1-2,5-8,11-12H,3-4,9-10H2. The first kappa shape index (κ1) is 16.0. The fraction of sp³-hybridized carbons (Fsp3) is 0.278. The van der Waals surface area contributed by atoms with E-state index in [-0.39, 0.29) is 11.6 Å². The SMILES string of the molecule is O=C(OCCC1CC1)c1nc(-c2cccs2)n(-c2ccc(F)cc2)n1. The van der Waals surface area contributed by atoms with Crippen LogP contribution in [0.15, 0.2) is 41.8 Å². The summed E-state index contributed by atoms with van der Waals surface area (Å²) in [7, 11) is 0. The number of hydrogen-bond donors (Lipinski definition) is 0. The Balaban J connectivity index is 1.63. The Morgan fingerprint density at radius 3 is 2.76 bits per heavy atom. The number of halogens is 1. The van der Waals surface area contributed by atoms with Crippen LogP contribution in [0.5, 0.6) is 0 Å². The minimum Gasteiger partial charge on any atom is -0.460 e. The Morgan fingerprint density at radius 1 is 1.28 bits per heavy atom. The van der Waals surface area contributed by atoms with Gasteiger partial charge in [-0.3, -0.25) is 0 Å². The molecule has 0 radical (unpaired) electrons. The molecule has 1 saturated carbocycles. The van der Waals surface area contributed by atoms with Gasteiger partial charge in [0, 0.05) is 0 Å². The molecule has 0 spiro atoms. The topological polar surface area (TPSA) is 57.0 Å². The van der Waals surface area contributed by atoms with Crippen molar-refractivity contribution in [3.8, 4) is 16.4 Å². The number of esters is 1. The zero-order valence-corrected chi connectivity index (χ0v) is 14.2. The maximum absolute atomic E-state index is 13.2. The monoisotopic (exact) mass is 357 g/mol. The van der Waals surface area contributed by atoms with Crippen molar-refractivity contribution < 1.29 is 13.9 Å². The predicted molar refractivity (Wildman–Crippen MR) is 92.3 cm³/mol. The highest BCUT2D eigenvalue weighted by Gasteiger charge is 2.23. The molecule has 1 aromatic carbocycles. The molecule has 0 unspecified atom stereocenters. The third kappa shape index (κ3) is 3.61. The van der Waals surface area contributed by atoms with E-state index >= 15 is 0 Å². The number of ether oxygens (including phenoxy) is 1. The Bertz CT molecular complexity index is 870. The van der Waals surface area contributed by atoms with Gasteiger partial charge in [0.2, 0.25) is 0 Å². The zero-order chi connectivity index (χ0) is 17.2. The molecule has 3 aromatic rings. The highest BCUT2D eigenvalue weighted by atomic mass is 32.1. The van der Waals surface area contributed by atoms with Crippen molar-refractivity contribution in [2.45, 2.75) is 19.3 Å². The van der Waals surface area contributed by atoms with Crippen LogP contribution in [0.4, 0.5) is 4.39 Å². The molecule has 1 aliphatic carbocycles. The van der Waals surface area contributed by atoms with Crippen LogP contribution in [0.1, 0.15) is 29.9 Å². The van der Waals surface area contributed by atoms with Gasteiger partial charge in [-0.25, -0.2) is 13.9 Å².